The third kappa shape index (κ3) is 8.06. The van der Waals surface area contributed by atoms with Crippen LogP contribution in [0, 0.1) is 0 Å². The third-order valence-electron chi connectivity index (χ3n) is 0.702. The Kier molecular flexibility index (Phi) is 4.93. The molecule has 0 saturated heterocycles. The molecule has 0 heterocycles. The molecule has 0 bridgehead atoms. The fourth-order valence-corrected chi connectivity index (χ4v) is 0.498. The van der Waals surface area contributed by atoms with Crippen LogP contribution in [-0.4, -0.2) is 5.38 Å². The van der Waals surface area contributed by atoms with E-state index in [1.165, 1.54) is 0 Å². The predicted molar refractivity (Wildman–Crippen MR) is 44.1 cm³/mol. The van der Waals surface area contributed by atoms with Gasteiger partial charge in [-0.2, -0.15) is 0 Å². The van der Waals surface area contributed by atoms with Crippen LogP contribution < -0.4 is 0 Å². The summed E-state index contributed by atoms with van der Waals surface area (Å²) in [5, 5.41) is 0.848. The van der Waals surface area contributed by atoms with Gasteiger partial charge in [-0.05, 0) is 19.9 Å². The van der Waals surface area contributed by atoms with E-state index in [0.29, 0.717) is 0 Å². The molecule has 1 atom stereocenters. The first kappa shape index (κ1) is 9.06. The van der Waals surface area contributed by atoms with Gasteiger partial charge in [-0.3, -0.25) is 0 Å². The highest BCUT2D eigenvalue weighted by Crippen LogP contribution is 2.00. The molecule has 0 aliphatic rings. The van der Waals surface area contributed by atoms with Gasteiger partial charge in [0.2, 0.25) is 0 Å². The summed E-state index contributed by atoms with van der Waals surface area (Å²) in [7, 11) is 0. The first-order valence-corrected chi connectivity index (χ1v) is 3.59. The molecule has 0 radical (unpaired) electrons. The van der Waals surface area contributed by atoms with Gasteiger partial charge in [0.25, 0.3) is 0 Å². The Morgan fingerprint density at radius 1 is 1.56 bits per heavy atom. The molecule has 0 rings (SSSR count). The van der Waals surface area contributed by atoms with Crippen molar-refractivity contribution in [2.24, 2.45) is 0 Å². The molecule has 0 aliphatic carbocycles. The third-order valence-corrected chi connectivity index (χ3v) is 0.974. The van der Waals surface area contributed by atoms with E-state index in [0.717, 1.165) is 5.03 Å². The lowest BCUT2D eigenvalue weighted by molar-refractivity contribution is 1.23. The van der Waals surface area contributed by atoms with Gasteiger partial charge in [0.1, 0.15) is 0 Å². The van der Waals surface area contributed by atoms with E-state index in [9.17, 15) is 0 Å². The molecule has 0 amide bonds. The zero-order valence-corrected chi connectivity index (χ0v) is 7.08. The van der Waals surface area contributed by atoms with E-state index < -0.39 is 0 Å². The molecule has 2 heteroatoms. The topological polar surface area (TPSA) is 0 Å². The molecule has 9 heavy (non-hydrogen) atoms. The van der Waals surface area contributed by atoms with Gasteiger partial charge in [0.05, 0.1) is 0 Å². The number of hydrogen-bond acceptors (Lipinski definition) is 0. The van der Waals surface area contributed by atoms with Crippen molar-refractivity contribution in [3.63, 3.8) is 0 Å². The standard InChI is InChI=1S/C7H10Cl2/c1-6(8)4-3-5-7(2)9/h3-6H,1-2H3/b4-3-,7-5+. The van der Waals surface area contributed by atoms with Gasteiger partial charge in [0, 0.05) is 10.4 Å². The second kappa shape index (κ2) is 4.89. The Hall–Kier alpha value is 0.0600. The number of allylic oxidation sites excluding steroid dienone is 4. The maximum Gasteiger partial charge on any atom is 0.0490 e. The molecule has 0 saturated carbocycles. The van der Waals surface area contributed by atoms with E-state index in [1.807, 2.05) is 26.0 Å². The lowest BCUT2D eigenvalue weighted by Gasteiger charge is -1.86. The Morgan fingerprint density at radius 2 is 2.11 bits per heavy atom. The van der Waals surface area contributed by atoms with Crippen LogP contribution >= 0.6 is 23.2 Å². The Bertz CT molecular complexity index is 119. The summed E-state index contributed by atoms with van der Waals surface area (Å²) in [4.78, 5) is 0. The highest BCUT2D eigenvalue weighted by molar-refractivity contribution is 6.29. The molecule has 0 aromatic heterocycles. The summed E-state index contributed by atoms with van der Waals surface area (Å²) in [6, 6.07) is 0. The fraction of sp³-hybridized carbons (Fsp3) is 0.429. The van der Waals surface area contributed by atoms with Gasteiger partial charge >= 0.3 is 0 Å². The van der Waals surface area contributed by atoms with E-state index in [1.54, 1.807) is 6.08 Å². The van der Waals surface area contributed by atoms with Crippen molar-refractivity contribution >= 4 is 23.2 Å². The second-order valence-corrected chi connectivity index (χ2v) is 3.10. The number of hydrogen-bond donors (Lipinski definition) is 0. The first-order chi connectivity index (χ1) is 4.13. The zero-order chi connectivity index (χ0) is 7.28. The number of alkyl halides is 1. The molecule has 0 nitrogen and oxygen atoms in total. The molecule has 0 aromatic carbocycles. The largest absolute Gasteiger partial charge is 0.119 e. The highest BCUT2D eigenvalue weighted by Gasteiger charge is 1.82. The first-order valence-electron chi connectivity index (χ1n) is 2.77. The zero-order valence-electron chi connectivity index (χ0n) is 5.57. The van der Waals surface area contributed by atoms with Crippen molar-refractivity contribution in [2.75, 3.05) is 0 Å². The Morgan fingerprint density at radius 3 is 2.44 bits per heavy atom. The second-order valence-electron chi connectivity index (χ2n) is 1.82. The normalized spacial score (nSPS) is 16.7. The number of rotatable bonds is 2. The Balaban J connectivity index is 3.60. The van der Waals surface area contributed by atoms with Crippen molar-refractivity contribution < 1.29 is 0 Å². The molecule has 0 spiro atoms. The van der Waals surface area contributed by atoms with Crippen molar-refractivity contribution in [3.8, 4) is 0 Å². The molecule has 0 N–H and O–H groups in total. The van der Waals surface area contributed by atoms with Gasteiger partial charge < -0.3 is 0 Å². The van der Waals surface area contributed by atoms with Crippen molar-refractivity contribution in [3.05, 3.63) is 23.3 Å². The van der Waals surface area contributed by atoms with E-state index in [4.69, 9.17) is 23.2 Å². The van der Waals surface area contributed by atoms with Crippen LogP contribution in [0.15, 0.2) is 23.3 Å². The monoisotopic (exact) mass is 164 g/mol. The van der Waals surface area contributed by atoms with Gasteiger partial charge in [-0.1, -0.05) is 23.8 Å². The molecular weight excluding hydrogens is 155 g/mol. The molecule has 0 fully saturated rings. The van der Waals surface area contributed by atoms with Crippen LogP contribution in [0.3, 0.4) is 0 Å². The smallest absolute Gasteiger partial charge is 0.0490 e. The minimum absolute atomic E-state index is 0.0808. The van der Waals surface area contributed by atoms with Crippen LogP contribution in [0.1, 0.15) is 13.8 Å². The highest BCUT2D eigenvalue weighted by atomic mass is 35.5. The summed E-state index contributed by atoms with van der Waals surface area (Å²) in [6.45, 7) is 3.72. The van der Waals surface area contributed by atoms with Gasteiger partial charge in [-0.15, -0.1) is 11.6 Å². The van der Waals surface area contributed by atoms with Crippen LogP contribution in [0.2, 0.25) is 0 Å². The average Bonchev–Trinajstić information content (AvgIpc) is 1.63. The molecular formula is C7H10Cl2. The van der Waals surface area contributed by atoms with Crippen molar-refractivity contribution in [1.29, 1.82) is 0 Å². The maximum atomic E-state index is 5.60. The minimum Gasteiger partial charge on any atom is -0.119 e. The van der Waals surface area contributed by atoms with Gasteiger partial charge in [-0.25, -0.2) is 0 Å². The lowest BCUT2D eigenvalue weighted by Crippen LogP contribution is -1.78. The van der Waals surface area contributed by atoms with Crippen LogP contribution in [0.25, 0.3) is 0 Å². The molecule has 1 unspecified atom stereocenters. The summed E-state index contributed by atoms with van der Waals surface area (Å²) in [6.07, 6.45) is 5.52. The van der Waals surface area contributed by atoms with Crippen LogP contribution in [0.4, 0.5) is 0 Å². The molecule has 0 aliphatic heterocycles. The number of halogens is 2. The fourth-order valence-electron chi connectivity index (χ4n) is 0.341. The van der Waals surface area contributed by atoms with E-state index in [-0.39, 0.29) is 5.38 Å². The Labute approximate surface area is 66.2 Å². The molecule has 52 valence electrons. The van der Waals surface area contributed by atoms with E-state index >= 15 is 0 Å². The van der Waals surface area contributed by atoms with Gasteiger partial charge in [0.15, 0.2) is 0 Å². The summed E-state index contributed by atoms with van der Waals surface area (Å²) in [5.74, 6) is 0. The maximum absolute atomic E-state index is 5.60. The summed E-state index contributed by atoms with van der Waals surface area (Å²) >= 11 is 11.1. The summed E-state index contributed by atoms with van der Waals surface area (Å²) < 4.78 is 0. The lowest BCUT2D eigenvalue weighted by atomic mass is 10.4. The quantitative estimate of drug-likeness (QED) is 0.435. The van der Waals surface area contributed by atoms with Crippen LogP contribution in [-0.2, 0) is 0 Å². The molecule has 0 aromatic rings. The minimum atomic E-state index is 0.0808. The predicted octanol–water partition coefficient (Wildman–Crippen LogP) is 3.31. The summed E-state index contributed by atoms with van der Waals surface area (Å²) in [5.41, 5.74) is 0. The van der Waals surface area contributed by atoms with Crippen molar-refractivity contribution in [1.82, 2.24) is 0 Å². The van der Waals surface area contributed by atoms with E-state index in [2.05, 4.69) is 0 Å². The SMILES string of the molecule is C/C(Cl)=C\C=C/C(C)Cl. The van der Waals surface area contributed by atoms with Crippen LogP contribution in [0.5, 0.6) is 0 Å². The van der Waals surface area contributed by atoms with Crippen molar-refractivity contribution in [2.45, 2.75) is 19.2 Å². The average molecular weight is 165 g/mol.